The minimum absolute atomic E-state index is 0.0814. The van der Waals surface area contributed by atoms with E-state index in [9.17, 15) is 9.59 Å². The molecule has 9 nitrogen and oxygen atoms in total. The molecule has 3 aromatic rings. The van der Waals surface area contributed by atoms with Crippen molar-refractivity contribution in [2.45, 2.75) is 26.3 Å². The highest BCUT2D eigenvalue weighted by Crippen LogP contribution is 2.41. The number of hydrogen-bond acceptors (Lipinski definition) is 8. The molecular weight excluding hydrogens is 438 g/mol. The van der Waals surface area contributed by atoms with Crippen molar-refractivity contribution in [3.05, 3.63) is 93.0 Å². The average molecular weight is 461 g/mol. The van der Waals surface area contributed by atoms with E-state index in [1.807, 2.05) is 25.1 Å². The topological polar surface area (TPSA) is 115 Å². The maximum Gasteiger partial charge on any atom is 0.340 e. The van der Waals surface area contributed by atoms with Gasteiger partial charge in [0.2, 0.25) is 12.7 Å². The zero-order valence-electron chi connectivity index (χ0n) is 18.7. The number of benzene rings is 1. The number of ether oxygens (including phenoxy) is 4. The summed E-state index contributed by atoms with van der Waals surface area (Å²) in [5.74, 6) is 0.103. The summed E-state index contributed by atoms with van der Waals surface area (Å²) < 4.78 is 23.5. The van der Waals surface area contributed by atoms with E-state index in [2.05, 4.69) is 4.98 Å². The summed E-state index contributed by atoms with van der Waals surface area (Å²) in [6, 6.07) is 10.8. The summed E-state index contributed by atoms with van der Waals surface area (Å²) in [7, 11) is 0. The number of nitrogens with two attached hydrogens (primary N) is 1. The number of esters is 1. The molecule has 4 heterocycles. The lowest BCUT2D eigenvalue weighted by atomic mass is 9.84. The summed E-state index contributed by atoms with van der Waals surface area (Å²) in [5.41, 5.74) is 8.43. The van der Waals surface area contributed by atoms with Gasteiger partial charge in [-0.25, -0.2) is 4.79 Å². The third-order valence-electron chi connectivity index (χ3n) is 5.86. The van der Waals surface area contributed by atoms with Crippen molar-refractivity contribution in [1.82, 2.24) is 9.55 Å². The molecule has 0 saturated carbocycles. The van der Waals surface area contributed by atoms with E-state index < -0.39 is 11.9 Å². The van der Waals surface area contributed by atoms with Crippen LogP contribution in [0.2, 0.25) is 0 Å². The molecule has 0 radical (unpaired) electrons. The predicted molar refractivity (Wildman–Crippen MR) is 122 cm³/mol. The molecule has 2 aliphatic rings. The van der Waals surface area contributed by atoms with Crippen molar-refractivity contribution >= 4 is 5.97 Å². The molecule has 0 saturated heterocycles. The summed E-state index contributed by atoms with van der Waals surface area (Å²) >= 11 is 0. The van der Waals surface area contributed by atoms with Crippen LogP contribution in [0.15, 0.2) is 65.0 Å². The Kier molecular flexibility index (Phi) is 5.45. The van der Waals surface area contributed by atoms with Crippen LogP contribution in [0.4, 0.5) is 0 Å². The highest BCUT2D eigenvalue weighted by Gasteiger charge is 2.38. The van der Waals surface area contributed by atoms with Crippen LogP contribution in [0.1, 0.15) is 35.2 Å². The fourth-order valence-electron chi connectivity index (χ4n) is 4.29. The summed E-state index contributed by atoms with van der Waals surface area (Å²) in [6.07, 6.45) is 3.22. The van der Waals surface area contributed by atoms with Crippen molar-refractivity contribution in [1.29, 1.82) is 0 Å². The number of pyridine rings is 2. The minimum Gasteiger partial charge on any atom is -0.462 e. The zero-order valence-corrected chi connectivity index (χ0v) is 18.7. The number of aryl methyl sites for hydroxylation is 1. The van der Waals surface area contributed by atoms with Gasteiger partial charge < -0.3 is 29.2 Å². The first-order valence-corrected chi connectivity index (χ1v) is 10.8. The van der Waals surface area contributed by atoms with Crippen LogP contribution in [0, 0.1) is 6.92 Å². The fourth-order valence-corrected chi connectivity index (χ4v) is 4.29. The molecule has 5 rings (SSSR count). The molecule has 0 aliphatic carbocycles. The van der Waals surface area contributed by atoms with Gasteiger partial charge in [-0.05, 0) is 43.2 Å². The Morgan fingerprint density at radius 1 is 1.21 bits per heavy atom. The van der Waals surface area contributed by atoms with E-state index in [0.29, 0.717) is 40.6 Å². The van der Waals surface area contributed by atoms with Gasteiger partial charge in [0.1, 0.15) is 11.3 Å². The predicted octanol–water partition coefficient (Wildman–Crippen LogP) is 2.59. The number of carbonyl (C=O) groups excluding carboxylic acids is 1. The second-order valence-corrected chi connectivity index (χ2v) is 7.96. The monoisotopic (exact) mass is 461 g/mol. The highest BCUT2D eigenvalue weighted by molar-refractivity contribution is 5.92. The number of nitrogens with zero attached hydrogens (tertiary/aromatic N) is 2. The molecule has 2 aromatic heterocycles. The molecule has 1 aromatic carbocycles. The second-order valence-electron chi connectivity index (χ2n) is 7.96. The van der Waals surface area contributed by atoms with Crippen LogP contribution in [-0.4, -0.2) is 28.9 Å². The number of fused-ring (bicyclic) bond motifs is 2. The van der Waals surface area contributed by atoms with Gasteiger partial charge in [-0.2, -0.15) is 0 Å². The van der Waals surface area contributed by atoms with E-state index in [1.54, 1.807) is 42.1 Å². The molecular formula is C25H23N3O6. The van der Waals surface area contributed by atoms with E-state index in [1.165, 1.54) is 0 Å². The fraction of sp³-hybridized carbons (Fsp3) is 0.240. The lowest BCUT2D eigenvalue weighted by Crippen LogP contribution is -2.35. The van der Waals surface area contributed by atoms with Crippen molar-refractivity contribution in [2.75, 3.05) is 13.4 Å². The Morgan fingerprint density at radius 3 is 2.79 bits per heavy atom. The quantitative estimate of drug-likeness (QED) is 0.577. The first-order chi connectivity index (χ1) is 16.5. The number of carbonyl (C=O) groups is 1. The van der Waals surface area contributed by atoms with Gasteiger partial charge in [0.25, 0.3) is 5.56 Å². The number of rotatable bonds is 5. The van der Waals surface area contributed by atoms with E-state index >= 15 is 0 Å². The van der Waals surface area contributed by atoms with E-state index in [-0.39, 0.29) is 30.4 Å². The van der Waals surface area contributed by atoms with E-state index in [4.69, 9.17) is 24.7 Å². The summed E-state index contributed by atoms with van der Waals surface area (Å²) in [4.78, 5) is 30.9. The second kappa shape index (κ2) is 8.58. The van der Waals surface area contributed by atoms with Crippen LogP contribution in [0.25, 0.3) is 0 Å². The lowest BCUT2D eigenvalue weighted by molar-refractivity contribution is -0.139. The maximum atomic E-state index is 13.9. The molecule has 1 unspecified atom stereocenters. The Hall–Kier alpha value is -4.27. The first kappa shape index (κ1) is 21.6. The average Bonchev–Trinajstić information content (AvgIpc) is 3.29. The van der Waals surface area contributed by atoms with Gasteiger partial charge in [0.15, 0.2) is 11.5 Å². The molecule has 174 valence electrons. The van der Waals surface area contributed by atoms with Crippen molar-refractivity contribution < 1.29 is 23.7 Å². The highest BCUT2D eigenvalue weighted by atomic mass is 16.7. The minimum atomic E-state index is -0.785. The smallest absolute Gasteiger partial charge is 0.340 e. The normalized spacial score (nSPS) is 16.1. The Bertz CT molecular complexity index is 1360. The van der Waals surface area contributed by atoms with Crippen LogP contribution in [0.5, 0.6) is 17.2 Å². The van der Waals surface area contributed by atoms with Crippen molar-refractivity contribution in [2.24, 2.45) is 5.73 Å². The molecule has 34 heavy (non-hydrogen) atoms. The lowest BCUT2D eigenvalue weighted by Gasteiger charge is -2.29. The van der Waals surface area contributed by atoms with Crippen LogP contribution >= 0.6 is 0 Å². The molecule has 2 aliphatic heterocycles. The molecule has 0 spiro atoms. The summed E-state index contributed by atoms with van der Waals surface area (Å²) in [6.45, 7) is 4.14. The maximum absolute atomic E-state index is 13.9. The molecule has 1 atom stereocenters. The largest absolute Gasteiger partial charge is 0.462 e. The Labute approximate surface area is 195 Å². The Balaban J connectivity index is 1.65. The van der Waals surface area contributed by atoms with Crippen molar-refractivity contribution in [3.8, 4) is 17.2 Å². The number of hydrogen-bond donors (Lipinski definition) is 1. The van der Waals surface area contributed by atoms with Crippen molar-refractivity contribution in [3.63, 3.8) is 0 Å². The van der Waals surface area contributed by atoms with Crippen LogP contribution in [0.3, 0.4) is 0 Å². The van der Waals surface area contributed by atoms with E-state index in [0.717, 1.165) is 5.56 Å². The van der Waals surface area contributed by atoms with Gasteiger partial charge in [-0.3, -0.25) is 9.78 Å². The zero-order chi connectivity index (χ0) is 23.8. The van der Waals surface area contributed by atoms with Gasteiger partial charge in [0.05, 0.1) is 24.6 Å². The standard InChI is InChI=1S/C25H23N3O6/c1-3-31-25(30)22-20(16-5-4-8-27-11-16)21-19(34-23(22)26)9-14(2)28(24(21)29)12-15-6-7-17-18(10-15)33-13-32-17/h4-11,20H,3,12-13,26H2,1-2H3. The molecule has 9 heteroatoms. The number of aromatic nitrogens is 2. The van der Waals surface area contributed by atoms with Crippen LogP contribution < -0.4 is 25.5 Å². The van der Waals surface area contributed by atoms with Gasteiger partial charge >= 0.3 is 5.97 Å². The molecule has 2 N–H and O–H groups in total. The third-order valence-corrected chi connectivity index (χ3v) is 5.86. The van der Waals surface area contributed by atoms with Gasteiger partial charge in [0, 0.05) is 24.2 Å². The van der Waals surface area contributed by atoms with Gasteiger partial charge in [-0.15, -0.1) is 0 Å². The molecule has 0 amide bonds. The molecule has 0 bridgehead atoms. The van der Waals surface area contributed by atoms with Crippen LogP contribution in [-0.2, 0) is 16.1 Å². The SMILES string of the molecule is CCOC(=O)C1=C(N)Oc2cc(C)n(Cc3ccc4c(c3)OCO4)c(=O)c2C1c1cccnc1. The Morgan fingerprint density at radius 2 is 2.03 bits per heavy atom. The molecule has 0 fully saturated rings. The summed E-state index contributed by atoms with van der Waals surface area (Å²) in [5, 5.41) is 0. The first-order valence-electron chi connectivity index (χ1n) is 10.8. The third kappa shape index (κ3) is 3.64. The van der Waals surface area contributed by atoms with Gasteiger partial charge in [-0.1, -0.05) is 12.1 Å².